The first kappa shape index (κ1) is 20.6. The van der Waals surface area contributed by atoms with Gasteiger partial charge in [0.05, 0.1) is 13.0 Å². The summed E-state index contributed by atoms with van der Waals surface area (Å²) in [7, 11) is 0. The van der Waals surface area contributed by atoms with E-state index < -0.39 is 0 Å². The van der Waals surface area contributed by atoms with E-state index in [1.54, 1.807) is 22.9 Å². The smallest absolute Gasteiger partial charge is 0.250 e. The second kappa shape index (κ2) is 9.87. The predicted octanol–water partition coefficient (Wildman–Crippen LogP) is 3.95. The number of aromatic nitrogens is 1. The summed E-state index contributed by atoms with van der Waals surface area (Å²) in [4.78, 5) is 24.0. The van der Waals surface area contributed by atoms with E-state index in [2.05, 4.69) is 31.3 Å². The van der Waals surface area contributed by atoms with Crippen molar-refractivity contribution >= 4 is 5.91 Å². The lowest BCUT2D eigenvalue weighted by Gasteiger charge is -2.09. The van der Waals surface area contributed by atoms with Crippen molar-refractivity contribution in [3.63, 3.8) is 0 Å². The first-order valence-electron chi connectivity index (χ1n) is 10.1. The second-order valence-electron chi connectivity index (χ2n) is 7.85. The Morgan fingerprint density at radius 2 is 1.48 bits per heavy atom. The highest BCUT2D eigenvalue weighted by Crippen LogP contribution is 2.11. The minimum absolute atomic E-state index is 0.0129. The Bertz CT molecular complexity index is 986. The Balaban J connectivity index is 1.49. The van der Waals surface area contributed by atoms with E-state index in [-0.39, 0.29) is 11.5 Å². The van der Waals surface area contributed by atoms with Crippen LogP contribution < -0.4 is 10.9 Å². The summed E-state index contributed by atoms with van der Waals surface area (Å²) in [5, 5.41) is 2.98. The average molecular weight is 389 g/mol. The van der Waals surface area contributed by atoms with Crippen molar-refractivity contribution in [2.45, 2.75) is 39.8 Å². The number of carbonyl (C=O) groups is 1. The normalized spacial score (nSPS) is 10.9. The Hall–Kier alpha value is -3.14. The largest absolute Gasteiger partial charge is 0.352 e. The van der Waals surface area contributed by atoms with E-state index in [4.69, 9.17) is 0 Å². The lowest BCUT2D eigenvalue weighted by Crippen LogP contribution is -2.24. The van der Waals surface area contributed by atoms with Gasteiger partial charge in [-0.3, -0.25) is 9.59 Å². The Morgan fingerprint density at radius 3 is 2.14 bits per heavy atom. The molecule has 3 aromatic rings. The molecule has 2 aromatic carbocycles. The van der Waals surface area contributed by atoms with Gasteiger partial charge in [0, 0.05) is 18.8 Å². The van der Waals surface area contributed by atoms with Crippen LogP contribution in [0.4, 0.5) is 0 Å². The molecule has 0 atom stereocenters. The van der Waals surface area contributed by atoms with Gasteiger partial charge in [-0.2, -0.15) is 0 Å². The van der Waals surface area contributed by atoms with Gasteiger partial charge in [0.15, 0.2) is 0 Å². The van der Waals surface area contributed by atoms with Crippen molar-refractivity contribution in [2.75, 3.05) is 0 Å². The number of nitrogens with zero attached hydrogens (tertiary/aromatic N) is 1. The molecule has 1 aromatic heterocycles. The van der Waals surface area contributed by atoms with Gasteiger partial charge in [-0.1, -0.05) is 68.4 Å². The number of nitrogens with one attached hydrogen (secondary N) is 1. The van der Waals surface area contributed by atoms with Crippen LogP contribution in [0.15, 0.2) is 77.7 Å². The second-order valence-corrected chi connectivity index (χ2v) is 7.85. The maximum atomic E-state index is 12.2. The van der Waals surface area contributed by atoms with Crippen molar-refractivity contribution in [3.05, 3.63) is 106 Å². The zero-order valence-corrected chi connectivity index (χ0v) is 17.1. The summed E-state index contributed by atoms with van der Waals surface area (Å²) in [6.07, 6.45) is 3.23. The molecule has 0 saturated heterocycles. The van der Waals surface area contributed by atoms with Gasteiger partial charge in [-0.05, 0) is 40.7 Å². The van der Waals surface area contributed by atoms with Crippen molar-refractivity contribution < 1.29 is 4.79 Å². The Morgan fingerprint density at radius 1 is 0.862 bits per heavy atom. The summed E-state index contributed by atoms with van der Waals surface area (Å²) in [5.74, 6) is 0.644. The molecule has 0 fully saturated rings. The van der Waals surface area contributed by atoms with Crippen LogP contribution in [0.1, 0.15) is 36.1 Å². The average Bonchev–Trinajstić information content (AvgIpc) is 2.70. The fourth-order valence-electron chi connectivity index (χ4n) is 3.26. The lowest BCUT2D eigenvalue weighted by molar-refractivity contribution is -0.120. The van der Waals surface area contributed by atoms with Crippen LogP contribution in [0, 0.1) is 5.92 Å². The zero-order chi connectivity index (χ0) is 20.6. The molecule has 150 valence electrons. The number of hydrogen-bond donors (Lipinski definition) is 1. The molecule has 0 spiro atoms. The molecule has 1 heterocycles. The topological polar surface area (TPSA) is 51.1 Å². The molecular formula is C25H28N2O2. The van der Waals surface area contributed by atoms with E-state index in [1.807, 2.05) is 42.5 Å². The Labute approximate surface area is 172 Å². The van der Waals surface area contributed by atoms with Crippen molar-refractivity contribution in [1.29, 1.82) is 0 Å². The molecule has 0 radical (unpaired) electrons. The van der Waals surface area contributed by atoms with Gasteiger partial charge in [0.1, 0.15) is 0 Å². The molecule has 4 heteroatoms. The SMILES string of the molecule is CC(C)Cc1ccc(CC(=O)NCc2ccc(Cn3ccccc3=O)cc2)cc1. The molecule has 0 aliphatic rings. The number of benzene rings is 2. The number of hydrogen-bond acceptors (Lipinski definition) is 2. The van der Waals surface area contributed by atoms with Crippen LogP contribution in [0.3, 0.4) is 0 Å². The van der Waals surface area contributed by atoms with E-state index >= 15 is 0 Å². The van der Waals surface area contributed by atoms with Crippen LogP contribution in [-0.2, 0) is 30.7 Å². The lowest BCUT2D eigenvalue weighted by atomic mass is 10.0. The van der Waals surface area contributed by atoms with Crippen molar-refractivity contribution in [3.8, 4) is 0 Å². The van der Waals surface area contributed by atoms with Gasteiger partial charge in [0.2, 0.25) is 5.91 Å². The molecular weight excluding hydrogens is 360 g/mol. The predicted molar refractivity (Wildman–Crippen MR) is 117 cm³/mol. The third-order valence-corrected chi connectivity index (χ3v) is 4.80. The highest BCUT2D eigenvalue weighted by atomic mass is 16.1. The van der Waals surface area contributed by atoms with E-state index in [1.165, 1.54) is 5.56 Å². The van der Waals surface area contributed by atoms with Gasteiger partial charge < -0.3 is 9.88 Å². The minimum Gasteiger partial charge on any atom is -0.352 e. The fourth-order valence-corrected chi connectivity index (χ4v) is 3.26. The van der Waals surface area contributed by atoms with Crippen molar-refractivity contribution in [2.24, 2.45) is 5.92 Å². The van der Waals surface area contributed by atoms with Crippen LogP contribution >= 0.6 is 0 Å². The first-order chi connectivity index (χ1) is 14.0. The zero-order valence-electron chi connectivity index (χ0n) is 17.1. The standard InChI is InChI=1S/C25H28N2O2/c1-19(2)15-20-6-8-21(9-7-20)16-24(28)26-17-22-10-12-23(13-11-22)18-27-14-4-3-5-25(27)29/h3-14,19H,15-18H2,1-2H3,(H,26,28). The minimum atomic E-state index is -0.0129. The third kappa shape index (κ3) is 6.46. The maximum absolute atomic E-state index is 12.2. The molecule has 4 nitrogen and oxygen atoms in total. The molecule has 3 rings (SSSR count). The highest BCUT2D eigenvalue weighted by molar-refractivity contribution is 5.78. The third-order valence-electron chi connectivity index (χ3n) is 4.80. The van der Waals surface area contributed by atoms with E-state index in [0.717, 1.165) is 23.1 Å². The van der Waals surface area contributed by atoms with Crippen LogP contribution in [0.2, 0.25) is 0 Å². The molecule has 1 N–H and O–H groups in total. The van der Waals surface area contributed by atoms with Crippen molar-refractivity contribution in [1.82, 2.24) is 9.88 Å². The van der Waals surface area contributed by atoms with E-state index in [9.17, 15) is 9.59 Å². The number of amides is 1. The van der Waals surface area contributed by atoms with Crippen LogP contribution in [0.5, 0.6) is 0 Å². The Kier molecular flexibility index (Phi) is 7.01. The number of carbonyl (C=O) groups excluding carboxylic acids is 1. The summed E-state index contributed by atoms with van der Waals surface area (Å²) in [6.45, 7) is 5.44. The summed E-state index contributed by atoms with van der Waals surface area (Å²) in [6, 6.07) is 21.4. The molecule has 0 aliphatic heterocycles. The molecule has 0 bridgehead atoms. The molecule has 1 amide bonds. The first-order valence-corrected chi connectivity index (χ1v) is 10.1. The monoisotopic (exact) mass is 388 g/mol. The number of pyridine rings is 1. The van der Waals surface area contributed by atoms with Crippen LogP contribution in [0.25, 0.3) is 0 Å². The summed E-state index contributed by atoms with van der Waals surface area (Å²) in [5.41, 5.74) is 4.41. The molecule has 29 heavy (non-hydrogen) atoms. The van der Waals surface area contributed by atoms with Gasteiger partial charge >= 0.3 is 0 Å². The van der Waals surface area contributed by atoms with Gasteiger partial charge in [0.25, 0.3) is 5.56 Å². The molecule has 0 unspecified atom stereocenters. The van der Waals surface area contributed by atoms with E-state index in [0.29, 0.717) is 25.4 Å². The maximum Gasteiger partial charge on any atom is 0.250 e. The summed E-state index contributed by atoms with van der Waals surface area (Å²) >= 11 is 0. The van der Waals surface area contributed by atoms with Gasteiger partial charge in [-0.15, -0.1) is 0 Å². The highest BCUT2D eigenvalue weighted by Gasteiger charge is 2.05. The fraction of sp³-hybridized carbons (Fsp3) is 0.280. The molecule has 0 saturated carbocycles. The molecule has 0 aliphatic carbocycles. The van der Waals surface area contributed by atoms with Crippen LogP contribution in [-0.4, -0.2) is 10.5 Å². The quantitative estimate of drug-likeness (QED) is 0.635. The number of rotatable bonds is 8. The summed E-state index contributed by atoms with van der Waals surface area (Å²) < 4.78 is 1.67. The van der Waals surface area contributed by atoms with Gasteiger partial charge in [-0.25, -0.2) is 0 Å².